The number of halogens is 2. The second kappa shape index (κ2) is 5.98. The molecule has 2 atom stereocenters. The van der Waals surface area contributed by atoms with Crippen LogP contribution in [0.25, 0.3) is 0 Å². The largest absolute Gasteiger partial charge is 1.00 e. The van der Waals surface area contributed by atoms with Crippen molar-refractivity contribution in [2.45, 2.75) is 11.3 Å². The Bertz CT molecular complexity index is 708. The summed E-state index contributed by atoms with van der Waals surface area (Å²) in [6, 6.07) is 5.08. The molecule has 0 saturated carbocycles. The maximum absolute atomic E-state index is 11.8. The van der Waals surface area contributed by atoms with Crippen molar-refractivity contribution >= 4 is 44.1 Å². The minimum atomic E-state index is -3.00. The van der Waals surface area contributed by atoms with Crippen molar-refractivity contribution < 1.29 is 34.7 Å². The van der Waals surface area contributed by atoms with Crippen LogP contribution < -0.4 is 27.5 Å². The number of fused-ring (bicyclic) bond motifs is 1. The quantitative estimate of drug-likeness (QED) is 0.581. The van der Waals surface area contributed by atoms with Crippen molar-refractivity contribution in [3.8, 4) is 5.75 Å². The molecule has 5 nitrogen and oxygen atoms in total. The number of amidine groups is 1. The summed E-state index contributed by atoms with van der Waals surface area (Å²) in [5.74, 6) is 0.909. The van der Waals surface area contributed by atoms with E-state index in [1.54, 1.807) is 25.3 Å². The van der Waals surface area contributed by atoms with Crippen molar-refractivity contribution in [3.05, 3.63) is 23.2 Å². The molecule has 0 aliphatic carbocycles. The Kier molecular flexibility index (Phi) is 4.82. The average molecular weight is 414 g/mol. The van der Waals surface area contributed by atoms with Crippen LogP contribution in [0.4, 0.5) is 5.69 Å². The van der Waals surface area contributed by atoms with Gasteiger partial charge in [0.05, 0.1) is 23.9 Å². The lowest BCUT2D eigenvalue weighted by atomic mass is 10.2. The van der Waals surface area contributed by atoms with Gasteiger partial charge in [0.15, 0.2) is 21.3 Å². The minimum Gasteiger partial charge on any atom is -1.00 e. The van der Waals surface area contributed by atoms with Crippen LogP contribution in [0.1, 0.15) is 0 Å². The van der Waals surface area contributed by atoms with Crippen LogP contribution in [0.5, 0.6) is 5.75 Å². The summed E-state index contributed by atoms with van der Waals surface area (Å²) in [4.78, 5) is 0. The number of nitrogens with zero attached hydrogens (tertiary/aromatic N) is 1. The van der Waals surface area contributed by atoms with Crippen LogP contribution in [0.2, 0.25) is 5.02 Å². The molecule has 3 rings (SSSR count). The summed E-state index contributed by atoms with van der Waals surface area (Å²) < 4.78 is 30.8. The Morgan fingerprint density at radius 1 is 1.43 bits per heavy atom. The first-order chi connectivity index (χ1) is 9.41. The molecule has 0 aromatic heterocycles. The zero-order valence-electron chi connectivity index (χ0n) is 11.1. The van der Waals surface area contributed by atoms with Gasteiger partial charge in [-0.3, -0.25) is 5.73 Å². The third-order valence-electron chi connectivity index (χ3n) is 3.51. The lowest BCUT2D eigenvalue weighted by Crippen LogP contribution is -3.00. The number of nitrogens with two attached hydrogens (primary N) is 1. The highest BCUT2D eigenvalue weighted by atomic mass is 79.9. The number of rotatable bonds is 2. The van der Waals surface area contributed by atoms with Gasteiger partial charge in [-0.05, 0) is 23.9 Å². The number of benzene rings is 1. The van der Waals surface area contributed by atoms with E-state index in [4.69, 9.17) is 22.1 Å². The fourth-order valence-corrected chi connectivity index (χ4v) is 6.65. The van der Waals surface area contributed by atoms with Crippen molar-refractivity contribution in [2.75, 3.05) is 18.6 Å². The summed E-state index contributed by atoms with van der Waals surface area (Å²) >= 11 is 7.45. The summed E-state index contributed by atoms with van der Waals surface area (Å²) in [5, 5.41) is 1.13. The highest BCUT2D eigenvalue weighted by Crippen LogP contribution is 2.40. The molecule has 0 radical (unpaired) electrons. The Morgan fingerprint density at radius 2 is 2.14 bits per heavy atom. The molecule has 1 fully saturated rings. The molecule has 9 heteroatoms. The summed E-state index contributed by atoms with van der Waals surface area (Å²) in [6.45, 7) is 0. The lowest BCUT2D eigenvalue weighted by Gasteiger charge is -2.14. The second-order valence-electron chi connectivity index (χ2n) is 4.82. The fraction of sp³-hybridized carbons (Fsp3) is 0.417. The number of hydrogen-bond donors (Lipinski definition) is 1. The molecule has 2 heterocycles. The number of ether oxygens (including phenoxy) is 1. The van der Waals surface area contributed by atoms with E-state index < -0.39 is 9.84 Å². The van der Waals surface area contributed by atoms with Crippen LogP contribution >= 0.6 is 23.4 Å². The molecule has 2 N–H and O–H groups in total. The van der Waals surface area contributed by atoms with Crippen molar-refractivity contribution in [3.63, 3.8) is 0 Å². The molecular formula is C12H14BrClN2O3S2. The molecule has 116 valence electrons. The summed E-state index contributed by atoms with van der Waals surface area (Å²) in [6.07, 6.45) is 0. The normalized spacial score (nSPS) is 26.4. The van der Waals surface area contributed by atoms with Gasteiger partial charge in [0.1, 0.15) is 6.04 Å². The van der Waals surface area contributed by atoms with Gasteiger partial charge in [-0.1, -0.05) is 11.6 Å². The first kappa shape index (κ1) is 16.9. The third kappa shape index (κ3) is 3.04. The third-order valence-corrected chi connectivity index (χ3v) is 6.90. The molecule has 2 unspecified atom stereocenters. The molecule has 2 aliphatic rings. The minimum absolute atomic E-state index is 0. The first-order valence-corrected chi connectivity index (χ1v) is 9.11. The maximum Gasteiger partial charge on any atom is 0.310 e. The van der Waals surface area contributed by atoms with Crippen LogP contribution in [-0.2, 0) is 9.84 Å². The van der Waals surface area contributed by atoms with Crippen LogP contribution in [0.3, 0.4) is 0 Å². The molecular weight excluding hydrogens is 400 g/mol. The van der Waals surface area contributed by atoms with E-state index in [-0.39, 0.29) is 39.8 Å². The van der Waals surface area contributed by atoms with Crippen molar-refractivity contribution in [1.82, 2.24) is 0 Å². The van der Waals surface area contributed by atoms with Gasteiger partial charge in [-0.25, -0.2) is 13.0 Å². The van der Waals surface area contributed by atoms with Crippen molar-refractivity contribution in [1.29, 1.82) is 0 Å². The van der Waals surface area contributed by atoms with Crippen LogP contribution in [-0.4, -0.2) is 48.1 Å². The predicted octanol–water partition coefficient (Wildman–Crippen LogP) is -1.78. The van der Waals surface area contributed by atoms with E-state index in [0.29, 0.717) is 15.9 Å². The summed E-state index contributed by atoms with van der Waals surface area (Å²) in [7, 11) is -1.44. The Hall–Kier alpha value is -0.440. The Morgan fingerprint density at radius 3 is 2.81 bits per heavy atom. The molecule has 0 bridgehead atoms. The van der Waals surface area contributed by atoms with E-state index in [1.165, 1.54) is 11.8 Å². The molecule has 0 amide bonds. The SMILES string of the molecule is COc1ccc(Cl)cc1[N+]1=C(N)SC2CS(=O)(=O)CC21.[Br-]. The number of hydrogen-bond acceptors (Lipinski definition) is 5. The lowest BCUT2D eigenvalue weighted by molar-refractivity contribution is -0.471. The van der Waals surface area contributed by atoms with Gasteiger partial charge in [0, 0.05) is 11.1 Å². The van der Waals surface area contributed by atoms with Crippen LogP contribution in [0, 0.1) is 0 Å². The monoisotopic (exact) mass is 412 g/mol. The molecule has 1 aromatic carbocycles. The fourth-order valence-electron chi connectivity index (χ4n) is 2.67. The molecule has 1 aromatic rings. The van der Waals surface area contributed by atoms with Gasteiger partial charge in [0.25, 0.3) is 0 Å². The van der Waals surface area contributed by atoms with Gasteiger partial charge in [-0.15, -0.1) is 0 Å². The van der Waals surface area contributed by atoms with E-state index in [2.05, 4.69) is 0 Å². The topological polar surface area (TPSA) is 72.4 Å². The molecule has 1 saturated heterocycles. The number of methoxy groups -OCH3 is 1. The van der Waals surface area contributed by atoms with Crippen molar-refractivity contribution in [2.24, 2.45) is 5.73 Å². The molecule has 0 spiro atoms. The number of sulfone groups is 1. The number of thioether (sulfide) groups is 1. The zero-order chi connectivity index (χ0) is 14.5. The zero-order valence-corrected chi connectivity index (χ0v) is 15.1. The maximum atomic E-state index is 11.8. The molecule has 21 heavy (non-hydrogen) atoms. The summed E-state index contributed by atoms with van der Waals surface area (Å²) in [5.41, 5.74) is 6.79. The highest BCUT2D eigenvalue weighted by molar-refractivity contribution is 8.15. The van der Waals surface area contributed by atoms with E-state index in [9.17, 15) is 8.42 Å². The van der Waals surface area contributed by atoms with E-state index >= 15 is 0 Å². The average Bonchev–Trinajstić information content (AvgIpc) is 2.79. The second-order valence-corrected chi connectivity index (χ2v) is 8.67. The van der Waals surface area contributed by atoms with E-state index in [0.717, 1.165) is 5.69 Å². The standard InChI is InChI=1S/C12H13ClN2O3S2.BrH/c1-18-10-3-2-7(13)4-8(10)15-9-5-20(16,17)6-11(9)19-12(15)14;/h2-4,9,11,14H,5-6H2,1H3;1H. The van der Waals surface area contributed by atoms with Gasteiger partial charge in [-0.2, -0.15) is 0 Å². The molecule has 2 aliphatic heterocycles. The Balaban J connectivity index is 0.00000161. The van der Waals surface area contributed by atoms with Crippen LogP contribution in [0.15, 0.2) is 18.2 Å². The van der Waals surface area contributed by atoms with Gasteiger partial charge < -0.3 is 21.7 Å². The highest BCUT2D eigenvalue weighted by Gasteiger charge is 2.50. The first-order valence-electron chi connectivity index (χ1n) is 6.03. The van der Waals surface area contributed by atoms with E-state index in [1.807, 2.05) is 4.58 Å². The Labute approximate surface area is 143 Å². The van der Waals surface area contributed by atoms with Gasteiger partial charge >= 0.3 is 5.17 Å². The van der Waals surface area contributed by atoms with Gasteiger partial charge in [0.2, 0.25) is 0 Å². The predicted molar refractivity (Wildman–Crippen MR) is 80.9 cm³/mol. The smallest absolute Gasteiger partial charge is 0.310 e.